The lowest BCUT2D eigenvalue weighted by molar-refractivity contribution is -0.129. The van der Waals surface area contributed by atoms with Gasteiger partial charge in [0.25, 0.3) is 0 Å². The molecule has 0 radical (unpaired) electrons. The number of fused-ring (bicyclic) bond motifs is 1. The van der Waals surface area contributed by atoms with Gasteiger partial charge in [-0.2, -0.15) is 0 Å². The van der Waals surface area contributed by atoms with Crippen molar-refractivity contribution in [1.82, 2.24) is 14.9 Å². The zero-order chi connectivity index (χ0) is 16.1. The molecule has 0 bridgehead atoms. The van der Waals surface area contributed by atoms with Gasteiger partial charge in [-0.1, -0.05) is 24.3 Å². The maximum Gasteiger partial charge on any atom is 0.222 e. The molecule has 1 N–H and O–H groups in total. The van der Waals surface area contributed by atoms with Crippen molar-refractivity contribution in [3.05, 3.63) is 66.1 Å². The predicted octanol–water partition coefficient (Wildman–Crippen LogP) is 3.20. The largest absolute Gasteiger partial charge is 0.361 e. The SMILES string of the molecule is CN(CCc1ccccn1)C(=O)CCc1c[nH]c2ccccc12. The maximum absolute atomic E-state index is 12.3. The Kier molecular flexibility index (Phi) is 4.71. The molecule has 23 heavy (non-hydrogen) atoms. The minimum Gasteiger partial charge on any atom is -0.361 e. The molecule has 0 spiro atoms. The number of nitrogens with one attached hydrogen (secondary N) is 1. The van der Waals surface area contributed by atoms with Crippen molar-refractivity contribution in [2.24, 2.45) is 0 Å². The van der Waals surface area contributed by atoms with Crippen molar-refractivity contribution in [2.45, 2.75) is 19.3 Å². The Bertz CT molecular complexity index is 779. The summed E-state index contributed by atoms with van der Waals surface area (Å²) in [7, 11) is 1.86. The normalized spacial score (nSPS) is 10.8. The minimum atomic E-state index is 0.172. The lowest BCUT2D eigenvalue weighted by Crippen LogP contribution is -2.29. The van der Waals surface area contributed by atoms with E-state index in [4.69, 9.17) is 0 Å². The van der Waals surface area contributed by atoms with E-state index in [9.17, 15) is 4.79 Å². The van der Waals surface area contributed by atoms with Crippen LogP contribution in [0.5, 0.6) is 0 Å². The van der Waals surface area contributed by atoms with Crippen molar-refractivity contribution in [1.29, 1.82) is 0 Å². The number of carbonyl (C=O) groups excluding carboxylic acids is 1. The van der Waals surface area contributed by atoms with Gasteiger partial charge in [0.2, 0.25) is 5.91 Å². The van der Waals surface area contributed by atoms with Gasteiger partial charge in [-0.3, -0.25) is 9.78 Å². The number of aryl methyl sites for hydroxylation is 1. The lowest BCUT2D eigenvalue weighted by atomic mass is 10.1. The standard InChI is InChI=1S/C19H21N3O/c1-22(13-11-16-6-4-5-12-20-16)19(23)10-9-15-14-21-18-8-3-2-7-17(15)18/h2-8,12,14,21H,9-11,13H2,1H3. The van der Waals surface area contributed by atoms with Crippen LogP contribution in [0.1, 0.15) is 17.7 Å². The van der Waals surface area contributed by atoms with Crippen LogP contribution in [-0.4, -0.2) is 34.4 Å². The molecule has 3 aromatic rings. The van der Waals surface area contributed by atoms with E-state index in [0.29, 0.717) is 13.0 Å². The number of hydrogen-bond acceptors (Lipinski definition) is 2. The van der Waals surface area contributed by atoms with Crippen molar-refractivity contribution >= 4 is 16.8 Å². The molecular formula is C19H21N3O. The molecule has 0 saturated heterocycles. The van der Waals surface area contributed by atoms with E-state index in [1.807, 2.05) is 43.6 Å². The number of pyridine rings is 1. The second-order valence-corrected chi connectivity index (χ2v) is 5.75. The summed E-state index contributed by atoms with van der Waals surface area (Å²) in [5, 5.41) is 1.21. The fourth-order valence-electron chi connectivity index (χ4n) is 2.72. The fraction of sp³-hybridized carbons (Fsp3) is 0.263. The number of benzene rings is 1. The fourth-order valence-corrected chi connectivity index (χ4v) is 2.72. The van der Waals surface area contributed by atoms with E-state index in [1.54, 1.807) is 11.1 Å². The second-order valence-electron chi connectivity index (χ2n) is 5.75. The van der Waals surface area contributed by atoms with E-state index < -0.39 is 0 Å². The smallest absolute Gasteiger partial charge is 0.222 e. The van der Waals surface area contributed by atoms with E-state index in [-0.39, 0.29) is 5.91 Å². The minimum absolute atomic E-state index is 0.172. The Hall–Kier alpha value is -2.62. The van der Waals surface area contributed by atoms with E-state index in [1.165, 1.54) is 10.9 Å². The molecular weight excluding hydrogens is 286 g/mol. The van der Waals surface area contributed by atoms with Gasteiger partial charge in [-0.25, -0.2) is 0 Å². The number of likely N-dealkylation sites (N-methyl/N-ethyl adjacent to an activating group) is 1. The Labute approximate surface area is 136 Å². The summed E-state index contributed by atoms with van der Waals surface area (Å²) in [5.41, 5.74) is 3.34. The summed E-state index contributed by atoms with van der Waals surface area (Å²) < 4.78 is 0. The Morgan fingerprint density at radius 2 is 1.96 bits per heavy atom. The van der Waals surface area contributed by atoms with Gasteiger partial charge >= 0.3 is 0 Å². The first-order chi connectivity index (χ1) is 11.2. The third-order valence-electron chi connectivity index (χ3n) is 4.14. The average molecular weight is 307 g/mol. The van der Waals surface area contributed by atoms with Gasteiger partial charge in [0.15, 0.2) is 0 Å². The van der Waals surface area contributed by atoms with Crippen molar-refractivity contribution in [3.8, 4) is 0 Å². The van der Waals surface area contributed by atoms with E-state index >= 15 is 0 Å². The second kappa shape index (κ2) is 7.09. The molecule has 1 aromatic carbocycles. The van der Waals surface area contributed by atoms with Crippen LogP contribution in [-0.2, 0) is 17.6 Å². The highest BCUT2D eigenvalue weighted by atomic mass is 16.2. The molecule has 0 aliphatic carbocycles. The summed E-state index contributed by atoms with van der Waals surface area (Å²) in [6, 6.07) is 14.1. The average Bonchev–Trinajstić information content (AvgIpc) is 3.01. The molecule has 1 amide bonds. The zero-order valence-corrected chi connectivity index (χ0v) is 13.3. The van der Waals surface area contributed by atoms with Gasteiger partial charge < -0.3 is 9.88 Å². The zero-order valence-electron chi connectivity index (χ0n) is 13.3. The summed E-state index contributed by atoms with van der Waals surface area (Å²) in [6.45, 7) is 0.698. The third-order valence-corrected chi connectivity index (χ3v) is 4.14. The van der Waals surface area contributed by atoms with Crippen molar-refractivity contribution in [3.63, 3.8) is 0 Å². The summed E-state index contributed by atoms with van der Waals surface area (Å²) in [6.07, 6.45) is 5.87. The van der Waals surface area contributed by atoms with E-state index in [0.717, 1.165) is 24.1 Å². The molecule has 4 heteroatoms. The first kappa shape index (κ1) is 15.3. The van der Waals surface area contributed by atoms with Crippen LogP contribution in [0.4, 0.5) is 0 Å². The topological polar surface area (TPSA) is 49.0 Å². The summed E-state index contributed by atoms with van der Waals surface area (Å²) >= 11 is 0. The number of hydrogen-bond donors (Lipinski definition) is 1. The Morgan fingerprint density at radius 3 is 2.78 bits per heavy atom. The van der Waals surface area contributed by atoms with Gasteiger partial charge in [-0.15, -0.1) is 0 Å². The number of carbonyl (C=O) groups is 1. The Balaban J connectivity index is 1.52. The molecule has 0 unspecified atom stereocenters. The van der Waals surface area contributed by atoms with Gasteiger partial charge in [-0.05, 0) is 30.2 Å². The van der Waals surface area contributed by atoms with Crippen LogP contribution < -0.4 is 0 Å². The first-order valence-electron chi connectivity index (χ1n) is 7.93. The number of H-pyrrole nitrogens is 1. The summed E-state index contributed by atoms with van der Waals surface area (Å²) in [5.74, 6) is 0.172. The molecule has 3 rings (SSSR count). The number of nitrogens with zero attached hydrogens (tertiary/aromatic N) is 2. The highest BCUT2D eigenvalue weighted by molar-refractivity contribution is 5.84. The molecule has 0 saturated carbocycles. The number of para-hydroxylation sites is 1. The van der Waals surface area contributed by atoms with Crippen LogP contribution in [0, 0.1) is 0 Å². The maximum atomic E-state index is 12.3. The highest BCUT2D eigenvalue weighted by Gasteiger charge is 2.11. The molecule has 118 valence electrons. The first-order valence-corrected chi connectivity index (χ1v) is 7.93. The van der Waals surface area contributed by atoms with Crippen LogP contribution in [0.2, 0.25) is 0 Å². The number of aromatic nitrogens is 2. The number of rotatable bonds is 6. The predicted molar refractivity (Wildman–Crippen MR) is 92.2 cm³/mol. The van der Waals surface area contributed by atoms with Crippen LogP contribution >= 0.6 is 0 Å². The van der Waals surface area contributed by atoms with Crippen molar-refractivity contribution in [2.75, 3.05) is 13.6 Å². The molecule has 4 nitrogen and oxygen atoms in total. The van der Waals surface area contributed by atoms with Gasteiger partial charge in [0.1, 0.15) is 0 Å². The van der Waals surface area contributed by atoms with Gasteiger partial charge in [0.05, 0.1) is 0 Å². The van der Waals surface area contributed by atoms with Gasteiger partial charge in [0, 0.05) is 55.4 Å². The highest BCUT2D eigenvalue weighted by Crippen LogP contribution is 2.19. The Morgan fingerprint density at radius 1 is 1.13 bits per heavy atom. The van der Waals surface area contributed by atoms with Crippen LogP contribution in [0.25, 0.3) is 10.9 Å². The van der Waals surface area contributed by atoms with Crippen molar-refractivity contribution < 1.29 is 4.79 Å². The number of aromatic amines is 1. The third kappa shape index (κ3) is 3.77. The lowest BCUT2D eigenvalue weighted by Gasteiger charge is -2.16. The van der Waals surface area contributed by atoms with Crippen LogP contribution in [0.15, 0.2) is 54.9 Å². The molecule has 0 atom stereocenters. The van der Waals surface area contributed by atoms with E-state index in [2.05, 4.69) is 22.1 Å². The molecule has 0 aliphatic heterocycles. The monoisotopic (exact) mass is 307 g/mol. The molecule has 0 aliphatic rings. The summed E-state index contributed by atoms with van der Waals surface area (Å²) in [4.78, 5) is 21.6. The number of amides is 1. The quantitative estimate of drug-likeness (QED) is 0.760. The molecule has 2 heterocycles. The molecule has 2 aromatic heterocycles. The van der Waals surface area contributed by atoms with Crippen LogP contribution in [0.3, 0.4) is 0 Å². The molecule has 0 fully saturated rings.